The van der Waals surface area contributed by atoms with E-state index in [1.54, 1.807) is 5.57 Å². The highest BCUT2D eigenvalue weighted by molar-refractivity contribution is 5.09. The smallest absolute Gasteiger partial charge is 0.0292 e. The second-order valence-corrected chi connectivity index (χ2v) is 3.40. The Morgan fingerprint density at radius 3 is 3.33 bits per heavy atom. The van der Waals surface area contributed by atoms with Crippen molar-refractivity contribution in [2.75, 3.05) is 0 Å². The first kappa shape index (κ1) is 5.52. The van der Waals surface area contributed by atoms with Crippen LogP contribution in [0.4, 0.5) is 0 Å². The van der Waals surface area contributed by atoms with Gasteiger partial charge in [0.1, 0.15) is 0 Å². The Morgan fingerprint density at radius 2 is 2.33 bits per heavy atom. The van der Waals surface area contributed by atoms with Gasteiger partial charge in [-0.2, -0.15) is 0 Å². The maximum absolute atomic E-state index is 2.48. The molecule has 0 aromatic rings. The monoisotopic (exact) mass is 122 g/mol. The van der Waals surface area contributed by atoms with Gasteiger partial charge in [-0.15, -0.1) is 0 Å². The molecule has 2 aliphatic rings. The van der Waals surface area contributed by atoms with Gasteiger partial charge in [0, 0.05) is 0 Å². The van der Waals surface area contributed by atoms with Crippen molar-refractivity contribution in [1.82, 2.24) is 0 Å². The molecule has 9 heavy (non-hydrogen) atoms. The molecule has 1 fully saturated rings. The minimum atomic E-state index is 1.08. The third kappa shape index (κ3) is 1.03. The van der Waals surface area contributed by atoms with Gasteiger partial charge in [0.25, 0.3) is 0 Å². The first-order valence-corrected chi connectivity index (χ1v) is 4.13. The van der Waals surface area contributed by atoms with Gasteiger partial charge in [0.15, 0.2) is 0 Å². The summed E-state index contributed by atoms with van der Waals surface area (Å²) < 4.78 is 0. The average Bonchev–Trinajstić information content (AvgIpc) is 2.09. The molecule has 0 saturated heterocycles. The molecular formula is C9H14. The zero-order chi connectivity index (χ0) is 6.10. The van der Waals surface area contributed by atoms with E-state index in [-0.39, 0.29) is 0 Å². The fraction of sp³-hybridized carbons (Fsp3) is 0.778. The van der Waals surface area contributed by atoms with E-state index in [0.29, 0.717) is 0 Å². The van der Waals surface area contributed by atoms with E-state index >= 15 is 0 Å². The molecule has 0 aromatic carbocycles. The molecule has 2 rings (SSSR count). The minimum absolute atomic E-state index is 1.08. The van der Waals surface area contributed by atoms with Gasteiger partial charge in [-0.1, -0.05) is 11.6 Å². The molecule has 50 valence electrons. The van der Waals surface area contributed by atoms with Gasteiger partial charge >= 0.3 is 0 Å². The molecule has 0 heterocycles. The lowest BCUT2D eigenvalue weighted by Gasteiger charge is -2.03. The fourth-order valence-corrected chi connectivity index (χ4v) is 2.11. The summed E-state index contributed by atoms with van der Waals surface area (Å²) in [4.78, 5) is 0. The van der Waals surface area contributed by atoms with Crippen molar-refractivity contribution < 1.29 is 0 Å². The lowest BCUT2D eigenvalue weighted by atomic mass is 10.0. The lowest BCUT2D eigenvalue weighted by molar-refractivity contribution is 0.497. The summed E-state index contributed by atoms with van der Waals surface area (Å²) in [5.41, 5.74) is 1.76. The Kier molecular flexibility index (Phi) is 1.33. The average molecular weight is 122 g/mol. The van der Waals surface area contributed by atoms with Gasteiger partial charge in [-0.3, -0.25) is 0 Å². The summed E-state index contributed by atoms with van der Waals surface area (Å²) in [6, 6.07) is 0. The van der Waals surface area contributed by atoms with Crippen molar-refractivity contribution in [2.45, 2.75) is 38.5 Å². The summed E-state index contributed by atoms with van der Waals surface area (Å²) >= 11 is 0. The second-order valence-electron chi connectivity index (χ2n) is 3.40. The highest BCUT2D eigenvalue weighted by atomic mass is 14.3. The topological polar surface area (TPSA) is 0 Å². The number of fused-ring (bicyclic) bond motifs is 2. The van der Waals surface area contributed by atoms with Gasteiger partial charge in [0.05, 0.1) is 0 Å². The molecule has 0 aliphatic heterocycles. The van der Waals surface area contributed by atoms with Crippen LogP contribution in [0.1, 0.15) is 38.5 Å². The zero-order valence-corrected chi connectivity index (χ0v) is 5.90. The van der Waals surface area contributed by atoms with Crippen molar-refractivity contribution in [1.29, 1.82) is 0 Å². The van der Waals surface area contributed by atoms with Gasteiger partial charge in [-0.25, -0.2) is 0 Å². The van der Waals surface area contributed by atoms with E-state index in [1.165, 1.54) is 38.5 Å². The standard InChI is InChI=1S/C9H14/c1-2-4-9-6-5-8(3-1)7-9/h3,9H,1-2,4-7H2. The Balaban J connectivity index is 2.14. The normalized spacial score (nSPS) is 33.8. The van der Waals surface area contributed by atoms with Crippen LogP contribution in [-0.2, 0) is 0 Å². The molecule has 0 aromatic heterocycles. The molecule has 0 nitrogen and oxygen atoms in total. The number of allylic oxidation sites excluding steroid dienone is 2. The van der Waals surface area contributed by atoms with Crippen molar-refractivity contribution in [3.63, 3.8) is 0 Å². The van der Waals surface area contributed by atoms with Crippen molar-refractivity contribution in [3.8, 4) is 0 Å². The molecular weight excluding hydrogens is 108 g/mol. The van der Waals surface area contributed by atoms with Gasteiger partial charge in [-0.05, 0) is 44.4 Å². The lowest BCUT2D eigenvalue weighted by Crippen LogP contribution is -1.90. The van der Waals surface area contributed by atoms with E-state index in [1.807, 2.05) is 0 Å². The number of hydrogen-bond donors (Lipinski definition) is 0. The quantitative estimate of drug-likeness (QED) is 0.433. The summed E-state index contributed by atoms with van der Waals surface area (Å²) in [6.45, 7) is 0. The summed E-state index contributed by atoms with van der Waals surface area (Å²) in [5.74, 6) is 1.08. The molecule has 2 aliphatic carbocycles. The Labute approximate surface area is 57.0 Å². The molecule has 1 unspecified atom stereocenters. The molecule has 0 spiro atoms. The SMILES string of the molecule is C1=C2CCC(CCC1)C2. The first-order valence-electron chi connectivity index (χ1n) is 4.13. The van der Waals surface area contributed by atoms with Crippen LogP contribution in [0.3, 0.4) is 0 Å². The Hall–Kier alpha value is -0.260. The molecule has 0 radical (unpaired) electrons. The van der Waals surface area contributed by atoms with E-state index in [2.05, 4.69) is 6.08 Å². The van der Waals surface area contributed by atoms with Crippen LogP contribution in [0.15, 0.2) is 11.6 Å². The maximum atomic E-state index is 2.48. The summed E-state index contributed by atoms with van der Waals surface area (Å²) in [5, 5.41) is 0. The predicted molar refractivity (Wildman–Crippen MR) is 39.3 cm³/mol. The highest BCUT2D eigenvalue weighted by Gasteiger charge is 2.20. The summed E-state index contributed by atoms with van der Waals surface area (Å²) in [7, 11) is 0. The van der Waals surface area contributed by atoms with Crippen molar-refractivity contribution in [2.24, 2.45) is 5.92 Å². The van der Waals surface area contributed by atoms with E-state index < -0.39 is 0 Å². The zero-order valence-electron chi connectivity index (χ0n) is 5.90. The number of rotatable bonds is 0. The maximum Gasteiger partial charge on any atom is -0.0292 e. The molecule has 2 bridgehead atoms. The molecule has 0 heteroatoms. The molecule has 0 N–H and O–H groups in total. The molecule has 0 amide bonds. The predicted octanol–water partition coefficient (Wildman–Crippen LogP) is 2.90. The Bertz CT molecular complexity index is 133. The summed E-state index contributed by atoms with van der Waals surface area (Å²) in [6.07, 6.45) is 11.2. The van der Waals surface area contributed by atoms with Crippen LogP contribution in [0.5, 0.6) is 0 Å². The van der Waals surface area contributed by atoms with Crippen LogP contribution >= 0.6 is 0 Å². The van der Waals surface area contributed by atoms with E-state index in [0.717, 1.165) is 5.92 Å². The van der Waals surface area contributed by atoms with Crippen molar-refractivity contribution in [3.05, 3.63) is 11.6 Å². The fourth-order valence-electron chi connectivity index (χ4n) is 2.11. The third-order valence-electron chi connectivity index (χ3n) is 2.67. The molecule has 1 saturated carbocycles. The largest absolute Gasteiger partial charge is 0.0853 e. The van der Waals surface area contributed by atoms with Gasteiger partial charge in [0.2, 0.25) is 0 Å². The molecule has 1 atom stereocenters. The van der Waals surface area contributed by atoms with Crippen molar-refractivity contribution >= 4 is 0 Å². The van der Waals surface area contributed by atoms with Crippen LogP contribution in [0.2, 0.25) is 0 Å². The first-order chi connectivity index (χ1) is 4.45. The van der Waals surface area contributed by atoms with Crippen LogP contribution in [0, 0.1) is 5.92 Å². The highest BCUT2D eigenvalue weighted by Crippen LogP contribution is 2.36. The van der Waals surface area contributed by atoms with Crippen LogP contribution < -0.4 is 0 Å². The van der Waals surface area contributed by atoms with E-state index in [9.17, 15) is 0 Å². The second kappa shape index (κ2) is 2.17. The minimum Gasteiger partial charge on any atom is -0.0853 e. The van der Waals surface area contributed by atoms with Crippen LogP contribution in [-0.4, -0.2) is 0 Å². The number of hydrogen-bond acceptors (Lipinski definition) is 0. The van der Waals surface area contributed by atoms with E-state index in [4.69, 9.17) is 0 Å². The van der Waals surface area contributed by atoms with Gasteiger partial charge < -0.3 is 0 Å². The van der Waals surface area contributed by atoms with Crippen LogP contribution in [0.25, 0.3) is 0 Å². The third-order valence-corrected chi connectivity index (χ3v) is 2.67. The Morgan fingerprint density at radius 1 is 1.33 bits per heavy atom.